The number of ether oxygens (including phenoxy) is 1. The zero-order valence-electron chi connectivity index (χ0n) is 9.67. The van der Waals surface area contributed by atoms with Gasteiger partial charge in [-0.3, -0.25) is 0 Å². The van der Waals surface area contributed by atoms with Crippen LogP contribution in [0.1, 0.15) is 11.1 Å². The first-order valence-electron chi connectivity index (χ1n) is 5.10. The Bertz CT molecular complexity index is 584. The van der Waals surface area contributed by atoms with Gasteiger partial charge in [-0.25, -0.2) is 4.98 Å². The van der Waals surface area contributed by atoms with E-state index >= 15 is 0 Å². The van der Waals surface area contributed by atoms with Crippen molar-refractivity contribution < 1.29 is 9.13 Å². The SMILES string of the molecule is Cc1cc(Oc2nc(Cl)ncc2F)cc(C)c1Br. The maximum atomic E-state index is 13.4. The summed E-state index contributed by atoms with van der Waals surface area (Å²) in [6, 6.07) is 3.57. The third kappa shape index (κ3) is 2.79. The predicted octanol–water partition coefficient (Wildman–Crippen LogP) is 4.44. The fourth-order valence-corrected chi connectivity index (χ4v) is 1.83. The first kappa shape index (κ1) is 13.2. The van der Waals surface area contributed by atoms with Gasteiger partial charge in [0.1, 0.15) is 5.75 Å². The van der Waals surface area contributed by atoms with Crippen molar-refractivity contribution in [3.05, 3.63) is 45.0 Å². The standard InChI is InChI=1S/C12H9BrClFN2O/c1-6-3-8(4-7(2)10(6)13)18-11-9(15)5-16-12(14)17-11/h3-5H,1-2H3. The minimum absolute atomic E-state index is 0.0584. The molecule has 0 radical (unpaired) electrons. The lowest BCUT2D eigenvalue weighted by atomic mass is 10.1. The first-order valence-corrected chi connectivity index (χ1v) is 6.27. The van der Waals surface area contributed by atoms with Gasteiger partial charge in [0.05, 0.1) is 6.20 Å². The van der Waals surface area contributed by atoms with Crippen LogP contribution in [0.4, 0.5) is 4.39 Å². The smallest absolute Gasteiger partial charge is 0.260 e. The molecule has 0 fully saturated rings. The Morgan fingerprint density at radius 3 is 2.50 bits per heavy atom. The fraction of sp³-hybridized carbons (Fsp3) is 0.167. The van der Waals surface area contributed by atoms with E-state index in [2.05, 4.69) is 25.9 Å². The first-order chi connectivity index (χ1) is 8.47. The van der Waals surface area contributed by atoms with Gasteiger partial charge in [-0.1, -0.05) is 15.9 Å². The number of rotatable bonds is 2. The van der Waals surface area contributed by atoms with E-state index < -0.39 is 5.82 Å². The molecule has 0 aliphatic rings. The minimum Gasteiger partial charge on any atom is -0.436 e. The highest BCUT2D eigenvalue weighted by atomic mass is 79.9. The molecule has 0 aliphatic heterocycles. The predicted molar refractivity (Wildman–Crippen MR) is 70.7 cm³/mol. The molecule has 1 aromatic heterocycles. The number of nitrogens with zero attached hydrogens (tertiary/aromatic N) is 2. The Morgan fingerprint density at radius 1 is 1.28 bits per heavy atom. The van der Waals surface area contributed by atoms with Crippen LogP contribution < -0.4 is 4.74 Å². The molecule has 0 aliphatic carbocycles. The lowest BCUT2D eigenvalue weighted by molar-refractivity contribution is 0.419. The molecule has 94 valence electrons. The van der Waals surface area contributed by atoms with Crippen molar-refractivity contribution in [3.8, 4) is 11.6 Å². The Balaban J connectivity index is 2.37. The Hall–Kier alpha value is -1.20. The minimum atomic E-state index is -0.655. The van der Waals surface area contributed by atoms with Crippen LogP contribution in [0, 0.1) is 19.7 Å². The molecule has 2 rings (SSSR count). The Morgan fingerprint density at radius 2 is 1.89 bits per heavy atom. The second kappa shape index (κ2) is 5.20. The van der Waals surface area contributed by atoms with E-state index in [1.807, 2.05) is 13.8 Å². The molecule has 0 atom stereocenters. The zero-order valence-corrected chi connectivity index (χ0v) is 12.0. The highest BCUT2D eigenvalue weighted by Gasteiger charge is 2.10. The number of halogens is 3. The summed E-state index contributed by atoms with van der Waals surface area (Å²) in [6.45, 7) is 3.85. The van der Waals surface area contributed by atoms with Gasteiger partial charge in [-0.15, -0.1) is 0 Å². The van der Waals surface area contributed by atoms with Crippen LogP contribution in [-0.2, 0) is 0 Å². The fourth-order valence-electron chi connectivity index (χ4n) is 1.48. The molecular formula is C12H9BrClFN2O. The highest BCUT2D eigenvalue weighted by Crippen LogP contribution is 2.29. The monoisotopic (exact) mass is 330 g/mol. The number of hydrogen-bond donors (Lipinski definition) is 0. The number of aryl methyl sites for hydroxylation is 2. The molecule has 6 heteroatoms. The molecule has 0 unspecified atom stereocenters. The molecule has 1 aromatic carbocycles. The molecule has 0 bridgehead atoms. The van der Waals surface area contributed by atoms with Crippen LogP contribution in [0.2, 0.25) is 5.28 Å². The average Bonchev–Trinajstić information content (AvgIpc) is 2.31. The topological polar surface area (TPSA) is 35.0 Å². The lowest BCUT2D eigenvalue weighted by Crippen LogP contribution is -1.95. The van der Waals surface area contributed by atoms with E-state index in [1.165, 1.54) is 0 Å². The van der Waals surface area contributed by atoms with Crippen molar-refractivity contribution in [2.75, 3.05) is 0 Å². The quantitative estimate of drug-likeness (QED) is 0.763. The lowest BCUT2D eigenvalue weighted by Gasteiger charge is -2.09. The third-order valence-corrected chi connectivity index (χ3v) is 3.74. The molecule has 0 spiro atoms. The van der Waals surface area contributed by atoms with Gasteiger partial charge < -0.3 is 4.74 Å². The molecule has 1 heterocycles. The van der Waals surface area contributed by atoms with E-state index in [0.717, 1.165) is 21.8 Å². The maximum absolute atomic E-state index is 13.4. The summed E-state index contributed by atoms with van der Waals surface area (Å²) in [6.07, 6.45) is 0.975. The van der Waals surface area contributed by atoms with Crippen molar-refractivity contribution in [3.63, 3.8) is 0 Å². The molecule has 0 saturated carbocycles. The molecule has 0 saturated heterocycles. The van der Waals surface area contributed by atoms with Crippen molar-refractivity contribution in [2.24, 2.45) is 0 Å². The Kier molecular flexibility index (Phi) is 3.82. The van der Waals surface area contributed by atoms with Crippen LogP contribution in [0.3, 0.4) is 0 Å². The van der Waals surface area contributed by atoms with Gasteiger partial charge >= 0.3 is 0 Å². The highest BCUT2D eigenvalue weighted by molar-refractivity contribution is 9.10. The second-order valence-corrected chi connectivity index (χ2v) is 4.90. The molecule has 2 aromatic rings. The maximum Gasteiger partial charge on any atom is 0.260 e. The molecule has 18 heavy (non-hydrogen) atoms. The number of benzene rings is 1. The summed E-state index contributed by atoms with van der Waals surface area (Å²) in [4.78, 5) is 7.22. The van der Waals surface area contributed by atoms with Gasteiger partial charge in [0.2, 0.25) is 11.1 Å². The van der Waals surface area contributed by atoms with Gasteiger partial charge in [0.15, 0.2) is 0 Å². The normalized spacial score (nSPS) is 10.5. The largest absolute Gasteiger partial charge is 0.436 e. The van der Waals surface area contributed by atoms with Crippen molar-refractivity contribution >= 4 is 27.5 Å². The van der Waals surface area contributed by atoms with Crippen molar-refractivity contribution in [2.45, 2.75) is 13.8 Å². The van der Waals surface area contributed by atoms with Crippen LogP contribution in [-0.4, -0.2) is 9.97 Å². The van der Waals surface area contributed by atoms with Gasteiger partial charge in [0.25, 0.3) is 5.88 Å². The summed E-state index contributed by atoms with van der Waals surface area (Å²) in [5.74, 6) is -0.337. The molecule has 0 N–H and O–H groups in total. The van der Waals surface area contributed by atoms with E-state index in [1.54, 1.807) is 12.1 Å². The molecule has 3 nitrogen and oxygen atoms in total. The van der Waals surface area contributed by atoms with Crippen LogP contribution in [0.15, 0.2) is 22.8 Å². The Labute approximate surface area is 117 Å². The average molecular weight is 332 g/mol. The van der Waals surface area contributed by atoms with Gasteiger partial charge in [0, 0.05) is 4.47 Å². The van der Waals surface area contributed by atoms with Crippen LogP contribution >= 0.6 is 27.5 Å². The zero-order chi connectivity index (χ0) is 13.3. The summed E-state index contributed by atoms with van der Waals surface area (Å²) < 4.78 is 19.8. The number of aromatic nitrogens is 2. The van der Waals surface area contributed by atoms with Gasteiger partial charge in [-0.2, -0.15) is 9.37 Å². The summed E-state index contributed by atoms with van der Waals surface area (Å²) in [7, 11) is 0. The van der Waals surface area contributed by atoms with E-state index in [9.17, 15) is 4.39 Å². The van der Waals surface area contributed by atoms with E-state index in [4.69, 9.17) is 16.3 Å². The van der Waals surface area contributed by atoms with Crippen LogP contribution in [0.5, 0.6) is 11.6 Å². The number of hydrogen-bond acceptors (Lipinski definition) is 3. The summed E-state index contributed by atoms with van der Waals surface area (Å²) in [5, 5.41) is -0.0584. The van der Waals surface area contributed by atoms with Gasteiger partial charge in [-0.05, 0) is 48.7 Å². The molecular weight excluding hydrogens is 322 g/mol. The van der Waals surface area contributed by atoms with E-state index in [0.29, 0.717) is 5.75 Å². The summed E-state index contributed by atoms with van der Waals surface area (Å²) >= 11 is 9.04. The van der Waals surface area contributed by atoms with Crippen molar-refractivity contribution in [1.29, 1.82) is 0 Å². The molecule has 0 amide bonds. The second-order valence-electron chi connectivity index (χ2n) is 3.77. The van der Waals surface area contributed by atoms with Crippen LogP contribution in [0.25, 0.3) is 0 Å². The summed E-state index contributed by atoms with van der Waals surface area (Å²) in [5.41, 5.74) is 1.98. The third-order valence-electron chi connectivity index (χ3n) is 2.31. The van der Waals surface area contributed by atoms with Crippen molar-refractivity contribution in [1.82, 2.24) is 9.97 Å². The van der Waals surface area contributed by atoms with E-state index in [-0.39, 0.29) is 11.2 Å².